The van der Waals surface area contributed by atoms with Gasteiger partial charge >= 0.3 is 0 Å². The predicted octanol–water partition coefficient (Wildman–Crippen LogP) is 3.05. The van der Waals surface area contributed by atoms with E-state index in [-0.39, 0.29) is 5.91 Å². The van der Waals surface area contributed by atoms with Crippen LogP contribution in [0.25, 0.3) is 0 Å². The van der Waals surface area contributed by atoms with Gasteiger partial charge in [-0.3, -0.25) is 4.79 Å². The van der Waals surface area contributed by atoms with Crippen molar-refractivity contribution in [1.82, 2.24) is 4.98 Å². The molecule has 21 heavy (non-hydrogen) atoms. The van der Waals surface area contributed by atoms with Gasteiger partial charge < -0.3 is 15.4 Å². The van der Waals surface area contributed by atoms with E-state index in [0.717, 1.165) is 16.9 Å². The van der Waals surface area contributed by atoms with Gasteiger partial charge in [0.1, 0.15) is 0 Å². The quantitative estimate of drug-likeness (QED) is 0.856. The zero-order valence-electron chi connectivity index (χ0n) is 12.2. The van der Waals surface area contributed by atoms with Gasteiger partial charge in [-0.2, -0.15) is 0 Å². The van der Waals surface area contributed by atoms with Crippen molar-refractivity contribution in [3.8, 4) is 5.88 Å². The van der Waals surface area contributed by atoms with Crippen LogP contribution in [-0.4, -0.2) is 17.5 Å². The van der Waals surface area contributed by atoms with Crippen LogP contribution in [-0.2, 0) is 11.3 Å². The molecule has 1 aromatic heterocycles. The smallest absolute Gasteiger partial charge is 0.237 e. The van der Waals surface area contributed by atoms with Crippen LogP contribution in [0, 0.1) is 0 Å². The van der Waals surface area contributed by atoms with Crippen LogP contribution in [0.1, 0.15) is 19.4 Å². The molecular weight excluding hydrogens is 266 g/mol. The molecule has 0 saturated heterocycles. The summed E-state index contributed by atoms with van der Waals surface area (Å²) in [5.74, 6) is 0.535. The summed E-state index contributed by atoms with van der Waals surface area (Å²) in [4.78, 5) is 15.2. The van der Waals surface area contributed by atoms with Crippen molar-refractivity contribution < 1.29 is 9.53 Å². The summed E-state index contributed by atoms with van der Waals surface area (Å²) in [5, 5.41) is 6.04. The number of hydrogen-bond donors (Lipinski definition) is 2. The number of ether oxygens (including phenoxy) is 1. The molecule has 2 rings (SSSR count). The summed E-state index contributed by atoms with van der Waals surface area (Å²) < 4.78 is 5.47. The van der Waals surface area contributed by atoms with Crippen LogP contribution in [0.15, 0.2) is 42.6 Å². The van der Waals surface area contributed by atoms with Gasteiger partial charge in [-0.1, -0.05) is 12.1 Å². The second-order valence-electron chi connectivity index (χ2n) is 4.52. The van der Waals surface area contributed by atoms with Gasteiger partial charge in [0.05, 0.1) is 12.3 Å². The first-order valence-electron chi connectivity index (χ1n) is 6.87. The Labute approximate surface area is 124 Å². The van der Waals surface area contributed by atoms with Crippen LogP contribution >= 0.6 is 0 Å². The van der Waals surface area contributed by atoms with E-state index >= 15 is 0 Å². The molecule has 1 aromatic carbocycles. The van der Waals surface area contributed by atoms with E-state index in [0.29, 0.717) is 19.0 Å². The molecule has 5 nitrogen and oxygen atoms in total. The lowest BCUT2D eigenvalue weighted by molar-refractivity contribution is -0.114. The SMILES string of the molecule is CCOc1ncccc1NCc1ccc(NC(C)=O)cc1. The minimum atomic E-state index is -0.0717. The lowest BCUT2D eigenvalue weighted by Gasteiger charge is -2.11. The summed E-state index contributed by atoms with van der Waals surface area (Å²) in [6.07, 6.45) is 1.71. The van der Waals surface area contributed by atoms with Gasteiger partial charge in [0.25, 0.3) is 0 Å². The van der Waals surface area contributed by atoms with Gasteiger partial charge in [0, 0.05) is 25.4 Å². The maximum absolute atomic E-state index is 11.0. The highest BCUT2D eigenvalue weighted by Gasteiger charge is 2.03. The topological polar surface area (TPSA) is 63.2 Å². The lowest BCUT2D eigenvalue weighted by atomic mass is 10.2. The molecule has 0 bridgehead atoms. The molecule has 0 spiro atoms. The average Bonchev–Trinajstić information content (AvgIpc) is 2.48. The Morgan fingerprint density at radius 2 is 2.00 bits per heavy atom. The van der Waals surface area contributed by atoms with E-state index in [1.165, 1.54) is 6.92 Å². The summed E-state index contributed by atoms with van der Waals surface area (Å²) in [6, 6.07) is 11.5. The first-order valence-corrected chi connectivity index (χ1v) is 6.87. The minimum absolute atomic E-state index is 0.0717. The van der Waals surface area contributed by atoms with E-state index in [1.807, 2.05) is 43.3 Å². The molecule has 0 aliphatic rings. The molecule has 0 radical (unpaired) electrons. The third kappa shape index (κ3) is 4.49. The standard InChI is InChI=1S/C16H19N3O2/c1-3-21-16-15(5-4-10-17-16)18-11-13-6-8-14(9-7-13)19-12(2)20/h4-10,18H,3,11H2,1-2H3,(H,19,20). The molecule has 5 heteroatoms. The maximum Gasteiger partial charge on any atom is 0.237 e. The largest absolute Gasteiger partial charge is 0.476 e. The molecule has 0 fully saturated rings. The molecule has 2 N–H and O–H groups in total. The molecule has 1 heterocycles. The molecule has 0 atom stereocenters. The van der Waals surface area contributed by atoms with Gasteiger partial charge in [0.2, 0.25) is 11.8 Å². The molecular formula is C16H19N3O2. The van der Waals surface area contributed by atoms with E-state index < -0.39 is 0 Å². The maximum atomic E-state index is 11.0. The first-order chi connectivity index (χ1) is 10.2. The molecule has 2 aromatic rings. The number of pyridine rings is 1. The van der Waals surface area contributed by atoms with Crippen molar-refractivity contribution in [3.05, 3.63) is 48.2 Å². The third-order valence-electron chi connectivity index (χ3n) is 2.81. The summed E-state index contributed by atoms with van der Waals surface area (Å²) >= 11 is 0. The number of hydrogen-bond acceptors (Lipinski definition) is 4. The van der Waals surface area contributed by atoms with Crippen molar-refractivity contribution in [2.24, 2.45) is 0 Å². The van der Waals surface area contributed by atoms with E-state index in [4.69, 9.17) is 4.74 Å². The molecule has 110 valence electrons. The number of carbonyl (C=O) groups is 1. The normalized spacial score (nSPS) is 10.0. The monoisotopic (exact) mass is 285 g/mol. The number of rotatable bonds is 6. The Morgan fingerprint density at radius 3 is 2.67 bits per heavy atom. The number of nitrogens with zero attached hydrogens (tertiary/aromatic N) is 1. The Hall–Kier alpha value is -2.56. The number of benzene rings is 1. The molecule has 0 saturated carbocycles. The van der Waals surface area contributed by atoms with E-state index in [9.17, 15) is 4.79 Å². The Kier molecular flexibility index (Phi) is 5.15. The van der Waals surface area contributed by atoms with Crippen LogP contribution in [0.5, 0.6) is 5.88 Å². The van der Waals surface area contributed by atoms with Crippen molar-refractivity contribution in [3.63, 3.8) is 0 Å². The second-order valence-corrected chi connectivity index (χ2v) is 4.52. The fourth-order valence-corrected chi connectivity index (χ4v) is 1.88. The lowest BCUT2D eigenvalue weighted by Crippen LogP contribution is -2.06. The highest BCUT2D eigenvalue weighted by Crippen LogP contribution is 2.21. The van der Waals surface area contributed by atoms with Gasteiger partial charge in [0.15, 0.2) is 0 Å². The Morgan fingerprint density at radius 1 is 1.24 bits per heavy atom. The zero-order chi connectivity index (χ0) is 15.1. The minimum Gasteiger partial charge on any atom is -0.476 e. The summed E-state index contributed by atoms with van der Waals surface area (Å²) in [5.41, 5.74) is 2.77. The van der Waals surface area contributed by atoms with Crippen LogP contribution in [0.2, 0.25) is 0 Å². The number of aromatic nitrogens is 1. The van der Waals surface area contributed by atoms with E-state index in [2.05, 4.69) is 15.6 Å². The van der Waals surface area contributed by atoms with Crippen molar-refractivity contribution >= 4 is 17.3 Å². The zero-order valence-corrected chi connectivity index (χ0v) is 12.2. The fourth-order valence-electron chi connectivity index (χ4n) is 1.88. The number of amides is 1. The summed E-state index contributed by atoms with van der Waals surface area (Å²) in [7, 11) is 0. The second kappa shape index (κ2) is 7.28. The third-order valence-corrected chi connectivity index (χ3v) is 2.81. The van der Waals surface area contributed by atoms with Crippen LogP contribution in [0.4, 0.5) is 11.4 Å². The first kappa shape index (κ1) is 14.8. The fraction of sp³-hybridized carbons (Fsp3) is 0.250. The molecule has 1 amide bonds. The van der Waals surface area contributed by atoms with Gasteiger partial charge in [-0.25, -0.2) is 4.98 Å². The van der Waals surface area contributed by atoms with Crippen LogP contribution in [0.3, 0.4) is 0 Å². The van der Waals surface area contributed by atoms with Crippen molar-refractivity contribution in [2.45, 2.75) is 20.4 Å². The molecule has 0 unspecified atom stereocenters. The van der Waals surface area contributed by atoms with Gasteiger partial charge in [-0.05, 0) is 36.8 Å². The highest BCUT2D eigenvalue weighted by molar-refractivity contribution is 5.88. The Bertz CT molecular complexity index is 597. The van der Waals surface area contributed by atoms with Crippen molar-refractivity contribution in [2.75, 3.05) is 17.2 Å². The van der Waals surface area contributed by atoms with Crippen molar-refractivity contribution in [1.29, 1.82) is 0 Å². The summed E-state index contributed by atoms with van der Waals surface area (Å²) in [6.45, 7) is 4.66. The number of anilines is 2. The van der Waals surface area contributed by atoms with E-state index in [1.54, 1.807) is 6.20 Å². The molecule has 0 aliphatic carbocycles. The number of nitrogens with one attached hydrogen (secondary N) is 2. The predicted molar refractivity (Wildman–Crippen MR) is 83.5 cm³/mol. The van der Waals surface area contributed by atoms with Crippen LogP contribution < -0.4 is 15.4 Å². The molecule has 0 aliphatic heterocycles. The number of carbonyl (C=O) groups excluding carboxylic acids is 1. The highest BCUT2D eigenvalue weighted by atomic mass is 16.5. The Balaban J connectivity index is 1.98. The average molecular weight is 285 g/mol. The van der Waals surface area contributed by atoms with Gasteiger partial charge in [-0.15, -0.1) is 0 Å².